The smallest absolute Gasteiger partial charge is 0.411 e. The van der Waals surface area contributed by atoms with Crippen molar-refractivity contribution >= 4 is 12.0 Å². The number of amides is 2. The van der Waals surface area contributed by atoms with E-state index in [1.165, 1.54) is 4.90 Å². The molecule has 0 aromatic heterocycles. The maximum Gasteiger partial charge on any atom is 0.411 e. The molecule has 0 aromatic carbocycles. The highest BCUT2D eigenvalue weighted by Crippen LogP contribution is 2.21. The van der Waals surface area contributed by atoms with Gasteiger partial charge < -0.3 is 15.2 Å². The highest BCUT2D eigenvalue weighted by molar-refractivity contribution is 5.86. The Morgan fingerprint density at radius 3 is 2.55 bits per heavy atom. The van der Waals surface area contributed by atoms with Gasteiger partial charge in [0.15, 0.2) is 0 Å². The molecule has 20 heavy (non-hydrogen) atoms. The molecule has 0 bridgehead atoms. The average molecular weight is 286 g/mol. The quantitative estimate of drug-likeness (QED) is 0.819. The second-order valence-corrected chi connectivity index (χ2v) is 6.36. The molecule has 0 aromatic rings. The molecule has 2 amide bonds. The third-order valence-corrected chi connectivity index (χ3v) is 3.21. The van der Waals surface area contributed by atoms with Gasteiger partial charge in [0.05, 0.1) is 12.6 Å². The Hall–Kier alpha value is -1.30. The van der Waals surface area contributed by atoms with Gasteiger partial charge in [0.2, 0.25) is 5.91 Å². The fraction of sp³-hybridized carbons (Fsp3) is 0.857. The lowest BCUT2D eigenvalue weighted by Gasteiger charge is -2.28. The first kappa shape index (κ1) is 16.8. The van der Waals surface area contributed by atoms with E-state index in [1.807, 2.05) is 13.8 Å². The number of β-amino-alcohol motifs (C(OH)–C–C–N with tert-alkyl or cyclic N) is 1. The third kappa shape index (κ3) is 4.67. The van der Waals surface area contributed by atoms with Crippen LogP contribution in [0, 0.1) is 0 Å². The molecule has 0 aliphatic carbocycles. The second-order valence-electron chi connectivity index (χ2n) is 6.36. The van der Waals surface area contributed by atoms with Crippen LogP contribution in [0.4, 0.5) is 4.79 Å². The van der Waals surface area contributed by atoms with E-state index >= 15 is 0 Å². The molecule has 0 spiro atoms. The number of likely N-dealkylation sites (tertiary alicyclic amines) is 1. The van der Waals surface area contributed by atoms with Crippen LogP contribution in [0.5, 0.6) is 0 Å². The number of ether oxygens (including phenoxy) is 1. The molecule has 1 aliphatic heterocycles. The summed E-state index contributed by atoms with van der Waals surface area (Å²) in [5.41, 5.74) is -0.623. The molecule has 1 saturated heterocycles. The van der Waals surface area contributed by atoms with Crippen molar-refractivity contribution in [3.8, 4) is 0 Å². The summed E-state index contributed by atoms with van der Waals surface area (Å²) in [6, 6.07) is -0.616. The first-order chi connectivity index (χ1) is 9.14. The summed E-state index contributed by atoms with van der Waals surface area (Å²) in [5.74, 6) is -0.234. The monoisotopic (exact) mass is 286 g/mol. The molecule has 2 N–H and O–H groups in total. The van der Waals surface area contributed by atoms with Gasteiger partial charge in [0.25, 0.3) is 0 Å². The molecule has 0 saturated carbocycles. The van der Waals surface area contributed by atoms with Crippen LogP contribution in [-0.4, -0.2) is 52.3 Å². The summed E-state index contributed by atoms with van der Waals surface area (Å²) in [6.07, 6.45) is -0.178. The zero-order chi connectivity index (χ0) is 15.5. The Bertz CT molecular complexity index is 365. The molecular weight excluding hydrogens is 260 g/mol. The lowest BCUT2D eigenvalue weighted by atomic mass is 10.1. The summed E-state index contributed by atoms with van der Waals surface area (Å²) < 4.78 is 5.28. The van der Waals surface area contributed by atoms with Crippen LogP contribution in [0.1, 0.15) is 47.5 Å². The van der Waals surface area contributed by atoms with Crippen LogP contribution >= 0.6 is 0 Å². The van der Waals surface area contributed by atoms with Crippen LogP contribution in [0.3, 0.4) is 0 Å². The Balaban J connectivity index is 2.73. The summed E-state index contributed by atoms with van der Waals surface area (Å²) >= 11 is 0. The van der Waals surface area contributed by atoms with Crippen LogP contribution in [0.15, 0.2) is 0 Å². The van der Waals surface area contributed by atoms with Gasteiger partial charge in [0.1, 0.15) is 11.6 Å². The van der Waals surface area contributed by atoms with Gasteiger partial charge in [0, 0.05) is 12.5 Å². The normalized spacial score (nSPS) is 24.4. The number of aliphatic hydroxyl groups is 1. The third-order valence-electron chi connectivity index (χ3n) is 3.21. The minimum Gasteiger partial charge on any atom is -0.444 e. The number of carbonyl (C=O) groups is 2. The van der Waals surface area contributed by atoms with Crippen LogP contribution in [0.2, 0.25) is 0 Å². The van der Waals surface area contributed by atoms with E-state index in [-0.39, 0.29) is 24.9 Å². The number of hydrogen-bond acceptors (Lipinski definition) is 4. The number of hydrogen-bond donors (Lipinski definition) is 2. The number of aliphatic hydroxyl groups excluding tert-OH is 1. The highest BCUT2D eigenvalue weighted by Gasteiger charge is 2.40. The molecule has 0 unspecified atom stereocenters. The molecule has 0 radical (unpaired) electrons. The Labute approximate surface area is 120 Å². The number of nitrogens with zero attached hydrogens (tertiary/aromatic N) is 1. The first-order valence-corrected chi connectivity index (χ1v) is 7.12. The van der Waals surface area contributed by atoms with E-state index in [2.05, 4.69) is 5.32 Å². The molecule has 6 heteroatoms. The van der Waals surface area contributed by atoms with Gasteiger partial charge in [-0.1, -0.05) is 6.92 Å². The Kier molecular flexibility index (Phi) is 5.39. The van der Waals surface area contributed by atoms with Gasteiger partial charge in [-0.15, -0.1) is 0 Å². The number of carbonyl (C=O) groups excluding carboxylic acids is 2. The van der Waals surface area contributed by atoms with Crippen LogP contribution < -0.4 is 5.32 Å². The maximum absolute atomic E-state index is 12.2. The number of rotatable bonds is 3. The van der Waals surface area contributed by atoms with E-state index in [0.717, 1.165) is 6.42 Å². The topological polar surface area (TPSA) is 78.9 Å². The van der Waals surface area contributed by atoms with Crippen molar-refractivity contribution in [3.63, 3.8) is 0 Å². The summed E-state index contributed by atoms with van der Waals surface area (Å²) in [4.78, 5) is 25.6. The van der Waals surface area contributed by atoms with Crippen molar-refractivity contribution in [1.29, 1.82) is 0 Å². The predicted molar refractivity (Wildman–Crippen MR) is 75.2 cm³/mol. The van der Waals surface area contributed by atoms with Gasteiger partial charge in [-0.2, -0.15) is 0 Å². The SMILES string of the molecule is CC[C@@H](C)NC(=O)[C@@H]1C[C@H](O)CN1C(=O)OC(C)(C)C. The Morgan fingerprint density at radius 1 is 1.45 bits per heavy atom. The first-order valence-electron chi connectivity index (χ1n) is 7.12. The standard InChI is InChI=1S/C14H26N2O4/c1-6-9(2)15-12(18)11-7-10(17)8-16(11)13(19)20-14(3,4)5/h9-11,17H,6-8H2,1-5H3,(H,15,18)/t9-,10+,11+/m1/s1. The van der Waals surface area contributed by atoms with Crippen molar-refractivity contribution in [1.82, 2.24) is 10.2 Å². The van der Waals surface area contributed by atoms with Gasteiger partial charge in [-0.25, -0.2) is 4.79 Å². The largest absolute Gasteiger partial charge is 0.444 e. The predicted octanol–water partition coefficient (Wildman–Crippen LogP) is 1.27. The number of nitrogens with one attached hydrogen (secondary N) is 1. The van der Waals surface area contributed by atoms with Crippen molar-refractivity contribution in [2.24, 2.45) is 0 Å². The van der Waals surface area contributed by atoms with E-state index in [1.54, 1.807) is 20.8 Å². The van der Waals surface area contributed by atoms with Crippen molar-refractivity contribution in [3.05, 3.63) is 0 Å². The van der Waals surface area contributed by atoms with Crippen LogP contribution in [0.25, 0.3) is 0 Å². The fourth-order valence-corrected chi connectivity index (χ4v) is 2.03. The maximum atomic E-state index is 12.2. The zero-order valence-corrected chi connectivity index (χ0v) is 13.0. The molecular formula is C14H26N2O4. The fourth-order valence-electron chi connectivity index (χ4n) is 2.03. The van der Waals surface area contributed by atoms with Crippen molar-refractivity contribution in [2.75, 3.05) is 6.54 Å². The summed E-state index contributed by atoms with van der Waals surface area (Å²) in [5, 5.41) is 12.6. The van der Waals surface area contributed by atoms with E-state index in [9.17, 15) is 14.7 Å². The molecule has 3 atom stereocenters. The lowest BCUT2D eigenvalue weighted by molar-refractivity contribution is -0.126. The van der Waals surface area contributed by atoms with E-state index in [4.69, 9.17) is 4.74 Å². The summed E-state index contributed by atoms with van der Waals surface area (Å²) in [6.45, 7) is 9.32. The molecule has 1 aliphatic rings. The highest BCUT2D eigenvalue weighted by atomic mass is 16.6. The van der Waals surface area contributed by atoms with Gasteiger partial charge >= 0.3 is 6.09 Å². The van der Waals surface area contributed by atoms with Crippen molar-refractivity contribution < 1.29 is 19.4 Å². The summed E-state index contributed by atoms with van der Waals surface area (Å²) in [7, 11) is 0. The Morgan fingerprint density at radius 2 is 2.05 bits per heavy atom. The molecule has 1 rings (SSSR count). The van der Waals surface area contributed by atoms with Gasteiger partial charge in [-0.05, 0) is 34.1 Å². The molecule has 6 nitrogen and oxygen atoms in total. The second kappa shape index (κ2) is 6.43. The van der Waals surface area contributed by atoms with E-state index in [0.29, 0.717) is 0 Å². The minimum absolute atomic E-state index is 0.0423. The molecule has 1 fully saturated rings. The van der Waals surface area contributed by atoms with E-state index < -0.39 is 23.8 Å². The minimum atomic E-state index is -0.685. The lowest BCUT2D eigenvalue weighted by Crippen LogP contribution is -2.49. The van der Waals surface area contributed by atoms with Crippen molar-refractivity contribution in [2.45, 2.75) is 71.2 Å². The molecule has 116 valence electrons. The zero-order valence-electron chi connectivity index (χ0n) is 13.0. The van der Waals surface area contributed by atoms with Crippen LogP contribution in [-0.2, 0) is 9.53 Å². The van der Waals surface area contributed by atoms with Gasteiger partial charge in [-0.3, -0.25) is 9.69 Å². The molecule has 1 heterocycles. The average Bonchev–Trinajstić information content (AvgIpc) is 2.69.